The molecule has 8 heteroatoms. The van der Waals surface area contributed by atoms with Gasteiger partial charge in [0.1, 0.15) is 18.6 Å². The summed E-state index contributed by atoms with van der Waals surface area (Å²) in [5.41, 5.74) is 0.197. The van der Waals surface area contributed by atoms with E-state index in [-0.39, 0.29) is 17.9 Å². The molecule has 0 saturated heterocycles. The van der Waals surface area contributed by atoms with Gasteiger partial charge in [0.2, 0.25) is 5.91 Å². The van der Waals surface area contributed by atoms with Gasteiger partial charge in [-0.15, -0.1) is 0 Å². The number of hydrogen-bond acceptors (Lipinski definition) is 5. The van der Waals surface area contributed by atoms with E-state index >= 15 is 0 Å². The summed E-state index contributed by atoms with van der Waals surface area (Å²) in [6, 6.07) is 6.89. The lowest BCUT2D eigenvalue weighted by atomic mass is 10.2. The quantitative estimate of drug-likeness (QED) is 0.829. The topological polar surface area (TPSA) is 78.7 Å². The Balaban J connectivity index is 2.08. The molecule has 0 spiro atoms. The molecule has 0 radical (unpaired) electrons. The Labute approximate surface area is 139 Å². The minimum atomic E-state index is -0.500. The lowest BCUT2D eigenvalue weighted by molar-refractivity contribution is -0.117. The summed E-state index contributed by atoms with van der Waals surface area (Å²) in [7, 11) is 3.72. The number of hydrogen-bond donors (Lipinski definition) is 1. The number of amides is 2. The van der Waals surface area contributed by atoms with Crippen molar-refractivity contribution in [2.24, 2.45) is 0 Å². The largest absolute Gasteiger partial charge is 0.363 e. The van der Waals surface area contributed by atoms with Crippen LogP contribution < -0.4 is 5.32 Å². The molecule has 0 bridgehead atoms. The number of halogens is 1. The summed E-state index contributed by atoms with van der Waals surface area (Å²) in [5, 5.41) is 6.12. The Hall–Kier alpha value is -2.74. The zero-order chi connectivity index (χ0) is 17.5. The number of anilines is 1. The van der Waals surface area contributed by atoms with Crippen LogP contribution in [0, 0.1) is 5.82 Å². The molecule has 2 aromatic rings. The van der Waals surface area contributed by atoms with Crippen LogP contribution in [0.15, 0.2) is 41.1 Å². The van der Waals surface area contributed by atoms with Gasteiger partial charge in [0.05, 0.1) is 0 Å². The van der Waals surface area contributed by atoms with Gasteiger partial charge in [0.25, 0.3) is 5.91 Å². The molecular weight excluding hydrogens is 315 g/mol. The SMILES string of the molecule is CN(C)CCN(CC(=O)Nc1ccon1)C(=O)c1cccc(F)c1. The minimum Gasteiger partial charge on any atom is -0.363 e. The van der Waals surface area contributed by atoms with Gasteiger partial charge in [-0.3, -0.25) is 9.59 Å². The molecule has 2 rings (SSSR count). The van der Waals surface area contributed by atoms with Gasteiger partial charge in [-0.25, -0.2) is 4.39 Å². The molecule has 0 fully saturated rings. The van der Waals surface area contributed by atoms with Gasteiger partial charge in [-0.05, 0) is 32.3 Å². The average molecular weight is 334 g/mol. The highest BCUT2D eigenvalue weighted by Gasteiger charge is 2.20. The summed E-state index contributed by atoms with van der Waals surface area (Å²) < 4.78 is 18.0. The fourth-order valence-electron chi connectivity index (χ4n) is 2.01. The molecule has 1 aromatic heterocycles. The van der Waals surface area contributed by atoms with Crippen LogP contribution in [0.2, 0.25) is 0 Å². The molecule has 2 amide bonds. The maximum absolute atomic E-state index is 13.3. The first kappa shape index (κ1) is 17.6. The van der Waals surface area contributed by atoms with Crippen molar-refractivity contribution in [3.63, 3.8) is 0 Å². The van der Waals surface area contributed by atoms with E-state index in [4.69, 9.17) is 0 Å². The first-order valence-corrected chi connectivity index (χ1v) is 7.35. The van der Waals surface area contributed by atoms with Crippen LogP contribution in [-0.2, 0) is 4.79 Å². The fourth-order valence-corrected chi connectivity index (χ4v) is 2.01. The molecule has 24 heavy (non-hydrogen) atoms. The van der Waals surface area contributed by atoms with E-state index in [9.17, 15) is 14.0 Å². The van der Waals surface area contributed by atoms with Crippen molar-refractivity contribution in [2.75, 3.05) is 39.0 Å². The minimum absolute atomic E-state index is 0.171. The van der Waals surface area contributed by atoms with E-state index < -0.39 is 17.6 Å². The lowest BCUT2D eigenvalue weighted by Gasteiger charge is -2.23. The Morgan fingerprint density at radius 2 is 2.04 bits per heavy atom. The Morgan fingerprint density at radius 3 is 2.67 bits per heavy atom. The van der Waals surface area contributed by atoms with Crippen LogP contribution >= 0.6 is 0 Å². The lowest BCUT2D eigenvalue weighted by Crippen LogP contribution is -2.41. The molecule has 0 aliphatic rings. The first-order chi connectivity index (χ1) is 11.5. The number of likely N-dealkylation sites (N-methyl/N-ethyl adjacent to an activating group) is 1. The third kappa shape index (κ3) is 5.17. The van der Waals surface area contributed by atoms with Crippen molar-refractivity contribution >= 4 is 17.6 Å². The highest BCUT2D eigenvalue weighted by atomic mass is 19.1. The van der Waals surface area contributed by atoms with E-state index in [0.29, 0.717) is 13.1 Å². The van der Waals surface area contributed by atoms with Crippen molar-refractivity contribution in [3.8, 4) is 0 Å². The number of rotatable bonds is 7. The highest BCUT2D eigenvalue weighted by Crippen LogP contribution is 2.08. The Bertz CT molecular complexity index is 688. The summed E-state index contributed by atoms with van der Waals surface area (Å²) >= 11 is 0. The standard InChI is InChI=1S/C16H19FN4O3/c1-20(2)7-8-21(11-15(22)18-14-6-9-24-19-14)16(23)12-4-3-5-13(17)10-12/h3-6,9-10H,7-8,11H2,1-2H3,(H,18,19,22). The van der Waals surface area contributed by atoms with Gasteiger partial charge >= 0.3 is 0 Å². The Kier molecular flexibility index (Phi) is 6.02. The van der Waals surface area contributed by atoms with Crippen LogP contribution in [0.4, 0.5) is 10.2 Å². The van der Waals surface area contributed by atoms with Crippen molar-refractivity contribution in [1.29, 1.82) is 0 Å². The zero-order valence-electron chi connectivity index (χ0n) is 13.5. The van der Waals surface area contributed by atoms with Crippen LogP contribution in [0.25, 0.3) is 0 Å². The second-order valence-corrected chi connectivity index (χ2v) is 5.47. The predicted octanol–water partition coefficient (Wildman–Crippen LogP) is 1.46. The molecule has 0 aliphatic heterocycles. The van der Waals surface area contributed by atoms with E-state index in [0.717, 1.165) is 6.07 Å². The van der Waals surface area contributed by atoms with Gasteiger partial charge < -0.3 is 19.6 Å². The van der Waals surface area contributed by atoms with E-state index in [1.807, 2.05) is 19.0 Å². The van der Waals surface area contributed by atoms with Crippen molar-refractivity contribution < 1.29 is 18.5 Å². The molecule has 1 heterocycles. The summed E-state index contributed by atoms with van der Waals surface area (Å²) in [4.78, 5) is 27.9. The van der Waals surface area contributed by atoms with Crippen molar-refractivity contribution in [3.05, 3.63) is 48.0 Å². The summed E-state index contributed by atoms with van der Waals surface area (Å²) in [5.74, 6) is -1.05. The number of nitrogens with zero attached hydrogens (tertiary/aromatic N) is 3. The van der Waals surface area contributed by atoms with Gasteiger partial charge in [-0.1, -0.05) is 11.2 Å². The second kappa shape index (κ2) is 8.21. The number of carbonyl (C=O) groups is 2. The van der Waals surface area contributed by atoms with Crippen LogP contribution in [-0.4, -0.2) is 60.5 Å². The molecule has 0 saturated carbocycles. The molecule has 7 nitrogen and oxygen atoms in total. The fraction of sp³-hybridized carbons (Fsp3) is 0.312. The van der Waals surface area contributed by atoms with Gasteiger partial charge in [-0.2, -0.15) is 0 Å². The number of nitrogens with one attached hydrogen (secondary N) is 1. The summed E-state index contributed by atoms with van der Waals surface area (Å²) in [6.07, 6.45) is 1.33. The number of benzene rings is 1. The normalized spacial score (nSPS) is 10.7. The molecule has 0 atom stereocenters. The molecule has 1 N–H and O–H groups in total. The van der Waals surface area contributed by atoms with Crippen molar-refractivity contribution in [2.45, 2.75) is 0 Å². The number of aromatic nitrogens is 1. The second-order valence-electron chi connectivity index (χ2n) is 5.47. The molecular formula is C16H19FN4O3. The van der Waals surface area contributed by atoms with Crippen molar-refractivity contribution in [1.82, 2.24) is 15.0 Å². The maximum Gasteiger partial charge on any atom is 0.254 e. The maximum atomic E-state index is 13.3. The van der Waals surface area contributed by atoms with Crippen LogP contribution in [0.3, 0.4) is 0 Å². The van der Waals surface area contributed by atoms with Gasteiger partial charge in [0, 0.05) is 24.7 Å². The molecule has 128 valence electrons. The first-order valence-electron chi connectivity index (χ1n) is 7.35. The Morgan fingerprint density at radius 1 is 1.25 bits per heavy atom. The van der Waals surface area contributed by atoms with E-state index in [2.05, 4.69) is 15.0 Å². The monoisotopic (exact) mass is 334 g/mol. The van der Waals surface area contributed by atoms with E-state index in [1.165, 1.54) is 35.4 Å². The zero-order valence-corrected chi connectivity index (χ0v) is 13.5. The number of carbonyl (C=O) groups excluding carboxylic acids is 2. The molecule has 0 unspecified atom stereocenters. The summed E-state index contributed by atoms with van der Waals surface area (Å²) in [6.45, 7) is 0.725. The van der Waals surface area contributed by atoms with E-state index in [1.54, 1.807) is 0 Å². The van der Waals surface area contributed by atoms with Gasteiger partial charge in [0.15, 0.2) is 5.82 Å². The van der Waals surface area contributed by atoms with Crippen LogP contribution in [0.5, 0.6) is 0 Å². The average Bonchev–Trinajstić information content (AvgIpc) is 3.03. The molecule has 1 aromatic carbocycles. The van der Waals surface area contributed by atoms with Crippen LogP contribution in [0.1, 0.15) is 10.4 Å². The molecule has 0 aliphatic carbocycles. The third-order valence-corrected chi connectivity index (χ3v) is 3.22. The smallest absolute Gasteiger partial charge is 0.254 e. The third-order valence-electron chi connectivity index (χ3n) is 3.22. The highest BCUT2D eigenvalue weighted by molar-refractivity contribution is 5.99. The predicted molar refractivity (Wildman–Crippen MR) is 86.0 cm³/mol.